The number of aliphatic imine (C=N–C) groups is 1. The zero-order valence-electron chi connectivity index (χ0n) is 18.7. The minimum absolute atomic E-state index is 0.125. The van der Waals surface area contributed by atoms with Crippen molar-refractivity contribution < 1.29 is 14.6 Å². The van der Waals surface area contributed by atoms with Gasteiger partial charge < -0.3 is 25.2 Å². The number of methoxy groups -OCH3 is 1. The van der Waals surface area contributed by atoms with E-state index in [-0.39, 0.29) is 12.0 Å². The Morgan fingerprint density at radius 3 is 2.37 bits per heavy atom. The van der Waals surface area contributed by atoms with Gasteiger partial charge in [0.2, 0.25) is 0 Å². The lowest BCUT2D eigenvalue weighted by molar-refractivity contribution is 0.180. The van der Waals surface area contributed by atoms with Crippen molar-refractivity contribution in [2.45, 2.75) is 45.8 Å². The second-order valence-electron chi connectivity index (χ2n) is 7.49. The lowest BCUT2D eigenvalue weighted by Crippen LogP contribution is -2.39. The van der Waals surface area contributed by atoms with E-state index in [0.29, 0.717) is 19.0 Å². The van der Waals surface area contributed by atoms with Gasteiger partial charge in [-0.05, 0) is 50.1 Å². The minimum atomic E-state index is -0.645. The first-order chi connectivity index (χ1) is 14.4. The van der Waals surface area contributed by atoms with Crippen LogP contribution in [0.15, 0.2) is 53.5 Å². The summed E-state index contributed by atoms with van der Waals surface area (Å²) in [6.07, 6.45) is -0.520. The van der Waals surface area contributed by atoms with Gasteiger partial charge in [-0.25, -0.2) is 0 Å². The van der Waals surface area contributed by atoms with Crippen LogP contribution in [-0.2, 0) is 0 Å². The van der Waals surface area contributed by atoms with E-state index < -0.39 is 6.10 Å². The van der Waals surface area contributed by atoms with E-state index in [9.17, 15) is 5.11 Å². The smallest absolute Gasteiger partial charge is 0.191 e. The first kappa shape index (κ1) is 23.5. The topological polar surface area (TPSA) is 75.1 Å². The largest absolute Gasteiger partial charge is 0.496 e. The highest BCUT2D eigenvalue weighted by Crippen LogP contribution is 2.26. The normalized spacial score (nSPS) is 13.6. The van der Waals surface area contributed by atoms with Crippen LogP contribution in [0.4, 0.5) is 0 Å². The van der Waals surface area contributed by atoms with Crippen molar-refractivity contribution in [1.82, 2.24) is 10.6 Å². The summed E-state index contributed by atoms with van der Waals surface area (Å²) in [5, 5.41) is 17.0. The summed E-state index contributed by atoms with van der Waals surface area (Å²) in [5.74, 6) is 2.56. The molecule has 0 heterocycles. The van der Waals surface area contributed by atoms with Gasteiger partial charge in [0.25, 0.3) is 0 Å². The van der Waals surface area contributed by atoms with Gasteiger partial charge in [0, 0.05) is 25.6 Å². The van der Waals surface area contributed by atoms with Gasteiger partial charge in [0.15, 0.2) is 5.96 Å². The summed E-state index contributed by atoms with van der Waals surface area (Å²) in [6, 6.07) is 15.5. The highest BCUT2D eigenvalue weighted by atomic mass is 16.5. The molecule has 0 radical (unpaired) electrons. The molecule has 2 aromatic rings. The third-order valence-corrected chi connectivity index (χ3v) is 4.64. The van der Waals surface area contributed by atoms with Crippen LogP contribution in [0.3, 0.4) is 0 Å². The molecule has 0 saturated carbocycles. The van der Waals surface area contributed by atoms with Gasteiger partial charge in [-0.2, -0.15) is 0 Å². The maximum absolute atomic E-state index is 10.5. The summed E-state index contributed by atoms with van der Waals surface area (Å²) in [5.41, 5.74) is 1.96. The average molecular weight is 414 g/mol. The summed E-state index contributed by atoms with van der Waals surface area (Å²) >= 11 is 0. The minimum Gasteiger partial charge on any atom is -0.496 e. The van der Waals surface area contributed by atoms with Gasteiger partial charge in [0.1, 0.15) is 11.5 Å². The molecule has 164 valence electrons. The fourth-order valence-electron chi connectivity index (χ4n) is 3.09. The molecule has 0 aliphatic heterocycles. The van der Waals surface area contributed by atoms with Gasteiger partial charge in [-0.1, -0.05) is 37.3 Å². The number of hydrogen-bond acceptors (Lipinski definition) is 4. The second kappa shape index (κ2) is 12.1. The first-order valence-electron chi connectivity index (χ1n) is 10.5. The molecular formula is C24H35N3O3. The molecule has 2 unspecified atom stereocenters. The van der Waals surface area contributed by atoms with E-state index in [1.54, 1.807) is 7.11 Å². The van der Waals surface area contributed by atoms with Gasteiger partial charge in [-0.15, -0.1) is 0 Å². The third kappa shape index (κ3) is 7.26. The van der Waals surface area contributed by atoms with Gasteiger partial charge in [-0.3, -0.25) is 4.99 Å². The maximum atomic E-state index is 10.5. The van der Waals surface area contributed by atoms with Crippen LogP contribution in [-0.4, -0.2) is 43.9 Å². The summed E-state index contributed by atoms with van der Waals surface area (Å²) in [6.45, 7) is 9.83. The van der Waals surface area contributed by atoms with Crippen LogP contribution in [0, 0.1) is 0 Å². The van der Waals surface area contributed by atoms with Crippen molar-refractivity contribution in [1.29, 1.82) is 0 Å². The Hall–Kier alpha value is -2.73. The molecule has 6 nitrogen and oxygen atoms in total. The molecule has 2 aromatic carbocycles. The lowest BCUT2D eigenvalue weighted by Gasteiger charge is -2.18. The summed E-state index contributed by atoms with van der Waals surface area (Å²) < 4.78 is 11.1. The summed E-state index contributed by atoms with van der Waals surface area (Å²) in [4.78, 5) is 4.69. The molecule has 0 aromatic heterocycles. The molecule has 0 aliphatic carbocycles. The van der Waals surface area contributed by atoms with E-state index in [4.69, 9.17) is 9.47 Å². The van der Waals surface area contributed by atoms with Crippen LogP contribution in [0.5, 0.6) is 11.5 Å². The molecule has 0 amide bonds. The average Bonchev–Trinajstić information content (AvgIpc) is 2.75. The predicted octanol–water partition coefficient (Wildman–Crippen LogP) is 3.87. The van der Waals surface area contributed by atoms with E-state index >= 15 is 0 Å². The third-order valence-electron chi connectivity index (χ3n) is 4.64. The Bertz CT molecular complexity index is 791. The first-order valence-corrected chi connectivity index (χ1v) is 10.5. The molecule has 0 aliphatic rings. The Balaban J connectivity index is 1.95. The van der Waals surface area contributed by atoms with E-state index in [1.165, 1.54) is 0 Å². The number of guanidine groups is 1. The van der Waals surface area contributed by atoms with Crippen LogP contribution in [0.2, 0.25) is 0 Å². The van der Waals surface area contributed by atoms with E-state index in [2.05, 4.69) is 28.6 Å². The van der Waals surface area contributed by atoms with Crippen molar-refractivity contribution in [2.75, 3.05) is 26.7 Å². The SMILES string of the molecule is CCNC(=NCC(C)c1ccccc1OC)NCC(O)c1ccc(OC(C)C)cc1. The molecule has 3 N–H and O–H groups in total. The van der Waals surface area contributed by atoms with Crippen LogP contribution in [0.1, 0.15) is 50.8 Å². The number of aliphatic hydroxyl groups excluding tert-OH is 1. The van der Waals surface area contributed by atoms with Crippen molar-refractivity contribution in [2.24, 2.45) is 4.99 Å². The zero-order chi connectivity index (χ0) is 21.9. The van der Waals surface area contributed by atoms with Crippen LogP contribution < -0.4 is 20.1 Å². The Morgan fingerprint density at radius 2 is 1.73 bits per heavy atom. The number of aliphatic hydroxyl groups is 1. The molecule has 0 spiro atoms. The number of para-hydroxylation sites is 1. The van der Waals surface area contributed by atoms with E-state index in [1.807, 2.05) is 63.2 Å². The Labute approximate surface area is 180 Å². The molecular weight excluding hydrogens is 378 g/mol. The number of ether oxygens (including phenoxy) is 2. The van der Waals surface area contributed by atoms with Crippen molar-refractivity contribution in [3.63, 3.8) is 0 Å². The highest BCUT2D eigenvalue weighted by molar-refractivity contribution is 5.79. The number of hydrogen-bond donors (Lipinski definition) is 3. The van der Waals surface area contributed by atoms with Gasteiger partial charge in [0.05, 0.1) is 19.3 Å². The monoisotopic (exact) mass is 413 g/mol. The fourth-order valence-corrected chi connectivity index (χ4v) is 3.09. The van der Waals surface area contributed by atoms with Crippen LogP contribution in [0.25, 0.3) is 0 Å². The maximum Gasteiger partial charge on any atom is 0.191 e. The number of benzene rings is 2. The zero-order valence-corrected chi connectivity index (χ0v) is 18.7. The molecule has 0 saturated heterocycles. The molecule has 0 fully saturated rings. The molecule has 6 heteroatoms. The lowest BCUT2D eigenvalue weighted by atomic mass is 10.0. The molecule has 2 atom stereocenters. The van der Waals surface area contributed by atoms with Gasteiger partial charge >= 0.3 is 0 Å². The fraction of sp³-hybridized carbons (Fsp3) is 0.458. The number of nitrogens with one attached hydrogen (secondary N) is 2. The van der Waals surface area contributed by atoms with Crippen molar-refractivity contribution >= 4 is 5.96 Å². The quantitative estimate of drug-likeness (QED) is 0.407. The number of rotatable bonds is 10. The van der Waals surface area contributed by atoms with Crippen molar-refractivity contribution in [3.05, 3.63) is 59.7 Å². The molecule has 2 rings (SSSR count). The molecule has 0 bridgehead atoms. The second-order valence-corrected chi connectivity index (χ2v) is 7.49. The summed E-state index contributed by atoms with van der Waals surface area (Å²) in [7, 11) is 1.68. The van der Waals surface area contributed by atoms with Crippen LogP contribution >= 0.6 is 0 Å². The standard InChI is InChI=1S/C24H35N3O3/c1-6-25-24(26-15-18(4)21-9-7-8-10-23(21)29-5)27-16-22(28)19-11-13-20(14-12-19)30-17(2)3/h7-14,17-18,22,28H,6,15-16H2,1-5H3,(H2,25,26,27). The van der Waals surface area contributed by atoms with Crippen molar-refractivity contribution in [3.8, 4) is 11.5 Å². The number of nitrogens with zero attached hydrogens (tertiary/aromatic N) is 1. The Kier molecular flexibility index (Phi) is 9.48. The molecule has 30 heavy (non-hydrogen) atoms. The Morgan fingerprint density at radius 1 is 1.03 bits per heavy atom. The predicted molar refractivity (Wildman–Crippen MR) is 123 cm³/mol. The highest BCUT2D eigenvalue weighted by Gasteiger charge is 2.12. The van der Waals surface area contributed by atoms with E-state index in [0.717, 1.165) is 29.2 Å².